The zero-order valence-electron chi connectivity index (χ0n) is 12.6. The smallest absolute Gasteiger partial charge is 0.339 e. The van der Waals surface area contributed by atoms with Crippen LogP contribution < -0.4 is 5.56 Å². The molecule has 0 unspecified atom stereocenters. The van der Waals surface area contributed by atoms with Gasteiger partial charge in [0.05, 0.1) is 29.3 Å². The van der Waals surface area contributed by atoms with Gasteiger partial charge in [-0.05, 0) is 30.5 Å². The second-order valence-electron chi connectivity index (χ2n) is 4.76. The molecule has 0 aliphatic heterocycles. The minimum atomic E-state index is -0.493. The van der Waals surface area contributed by atoms with E-state index < -0.39 is 5.97 Å². The van der Waals surface area contributed by atoms with Crippen LogP contribution in [0.5, 0.6) is 0 Å². The van der Waals surface area contributed by atoms with Crippen molar-refractivity contribution >= 4 is 28.6 Å². The maximum atomic E-state index is 12.9. The number of nitrogens with zero attached hydrogens (tertiary/aromatic N) is 2. The highest BCUT2D eigenvalue weighted by molar-refractivity contribution is 7.98. The van der Waals surface area contributed by atoms with Crippen LogP contribution in [0.25, 0.3) is 16.6 Å². The summed E-state index contributed by atoms with van der Waals surface area (Å²) in [5, 5.41) is 1.02. The lowest BCUT2D eigenvalue weighted by Crippen LogP contribution is -2.23. The van der Waals surface area contributed by atoms with Crippen LogP contribution in [0.15, 0.2) is 58.5 Å². The Morgan fingerprint density at radius 3 is 2.57 bits per heavy atom. The van der Waals surface area contributed by atoms with E-state index in [1.54, 1.807) is 42.5 Å². The van der Waals surface area contributed by atoms with E-state index in [0.717, 1.165) is 0 Å². The predicted octanol–water partition coefficient (Wildman–Crippen LogP) is 2.89. The molecule has 0 bridgehead atoms. The molecular formula is C17H14N2O3S. The van der Waals surface area contributed by atoms with E-state index in [9.17, 15) is 9.59 Å². The molecule has 3 aromatic rings. The first-order valence-corrected chi connectivity index (χ1v) is 8.13. The average molecular weight is 326 g/mol. The van der Waals surface area contributed by atoms with Gasteiger partial charge in [-0.1, -0.05) is 36.0 Å². The molecule has 0 aliphatic rings. The fourth-order valence-electron chi connectivity index (χ4n) is 2.41. The highest BCUT2D eigenvalue weighted by Gasteiger charge is 2.18. The number of ether oxygens (including phenoxy) is 1. The quantitative estimate of drug-likeness (QED) is 0.421. The van der Waals surface area contributed by atoms with E-state index in [1.807, 2.05) is 12.3 Å². The second kappa shape index (κ2) is 6.26. The number of para-hydroxylation sites is 2. The summed E-state index contributed by atoms with van der Waals surface area (Å²) in [6, 6.07) is 14.0. The van der Waals surface area contributed by atoms with Crippen LogP contribution in [0.2, 0.25) is 0 Å². The van der Waals surface area contributed by atoms with Gasteiger partial charge in [0.15, 0.2) is 5.16 Å². The number of aromatic nitrogens is 2. The molecule has 0 saturated carbocycles. The molecule has 0 radical (unpaired) electrons. The van der Waals surface area contributed by atoms with E-state index in [4.69, 9.17) is 4.74 Å². The normalized spacial score (nSPS) is 10.7. The maximum Gasteiger partial charge on any atom is 0.339 e. The first kappa shape index (κ1) is 15.3. The summed E-state index contributed by atoms with van der Waals surface area (Å²) < 4.78 is 6.28. The Balaban J connectivity index is 2.39. The van der Waals surface area contributed by atoms with Crippen LogP contribution in [0.3, 0.4) is 0 Å². The molecule has 0 N–H and O–H groups in total. The molecule has 3 rings (SSSR count). The van der Waals surface area contributed by atoms with E-state index in [0.29, 0.717) is 27.3 Å². The lowest BCUT2D eigenvalue weighted by Gasteiger charge is -2.14. The summed E-state index contributed by atoms with van der Waals surface area (Å²) in [6.07, 6.45) is 1.84. The second-order valence-corrected chi connectivity index (χ2v) is 5.54. The van der Waals surface area contributed by atoms with Gasteiger partial charge in [0.2, 0.25) is 0 Å². The van der Waals surface area contributed by atoms with Crippen molar-refractivity contribution in [2.24, 2.45) is 0 Å². The van der Waals surface area contributed by atoms with Crippen LogP contribution in [0, 0.1) is 0 Å². The lowest BCUT2D eigenvalue weighted by atomic mass is 10.1. The average Bonchev–Trinajstić information content (AvgIpc) is 2.61. The fraction of sp³-hybridized carbons (Fsp3) is 0.118. The van der Waals surface area contributed by atoms with Crippen molar-refractivity contribution in [2.75, 3.05) is 13.4 Å². The van der Waals surface area contributed by atoms with Gasteiger partial charge >= 0.3 is 5.97 Å². The monoisotopic (exact) mass is 326 g/mol. The first-order chi connectivity index (χ1) is 11.2. The highest BCUT2D eigenvalue weighted by Crippen LogP contribution is 2.22. The SMILES string of the molecule is COC(=O)c1ccccc1-n1c(SC)nc2ccccc2c1=O. The third-order valence-electron chi connectivity index (χ3n) is 3.48. The van der Waals surface area contributed by atoms with Gasteiger partial charge in [-0.3, -0.25) is 9.36 Å². The number of esters is 1. The number of rotatable bonds is 3. The topological polar surface area (TPSA) is 61.2 Å². The number of carbonyl (C=O) groups is 1. The number of hydrogen-bond donors (Lipinski definition) is 0. The third-order valence-corrected chi connectivity index (χ3v) is 4.12. The lowest BCUT2D eigenvalue weighted by molar-refractivity contribution is 0.0600. The molecule has 6 heteroatoms. The van der Waals surface area contributed by atoms with Crippen molar-refractivity contribution in [1.82, 2.24) is 9.55 Å². The third kappa shape index (κ3) is 2.61. The molecule has 23 heavy (non-hydrogen) atoms. The Labute approximate surface area is 136 Å². The van der Waals surface area contributed by atoms with Gasteiger partial charge in [-0.15, -0.1) is 0 Å². The maximum absolute atomic E-state index is 12.9. The highest BCUT2D eigenvalue weighted by atomic mass is 32.2. The molecule has 0 saturated heterocycles. The van der Waals surface area contributed by atoms with E-state index in [2.05, 4.69) is 4.98 Å². The summed E-state index contributed by atoms with van der Waals surface area (Å²) in [7, 11) is 1.32. The Hall–Kier alpha value is -2.60. The number of fused-ring (bicyclic) bond motifs is 1. The van der Waals surface area contributed by atoms with Crippen LogP contribution in [0.1, 0.15) is 10.4 Å². The number of thioether (sulfide) groups is 1. The number of benzene rings is 2. The van der Waals surface area contributed by atoms with Gasteiger partial charge in [0.25, 0.3) is 5.56 Å². The molecule has 1 heterocycles. The van der Waals surface area contributed by atoms with Gasteiger partial charge < -0.3 is 4.74 Å². The minimum Gasteiger partial charge on any atom is -0.465 e. The number of methoxy groups -OCH3 is 1. The first-order valence-electron chi connectivity index (χ1n) is 6.91. The zero-order chi connectivity index (χ0) is 16.4. The van der Waals surface area contributed by atoms with Crippen LogP contribution in [-0.4, -0.2) is 28.9 Å². The molecule has 0 atom stereocenters. The summed E-state index contributed by atoms with van der Waals surface area (Å²) >= 11 is 1.35. The molecule has 2 aromatic carbocycles. The predicted molar refractivity (Wildman–Crippen MR) is 90.5 cm³/mol. The minimum absolute atomic E-state index is 0.212. The number of hydrogen-bond acceptors (Lipinski definition) is 5. The van der Waals surface area contributed by atoms with E-state index in [-0.39, 0.29) is 5.56 Å². The Kier molecular flexibility index (Phi) is 4.16. The van der Waals surface area contributed by atoms with Gasteiger partial charge in [0.1, 0.15) is 0 Å². The fourth-order valence-corrected chi connectivity index (χ4v) is 2.97. The van der Waals surface area contributed by atoms with E-state index in [1.165, 1.54) is 23.4 Å². The molecule has 0 fully saturated rings. The van der Waals surface area contributed by atoms with Gasteiger partial charge in [-0.25, -0.2) is 9.78 Å². The van der Waals surface area contributed by atoms with E-state index >= 15 is 0 Å². The zero-order valence-corrected chi connectivity index (χ0v) is 13.5. The van der Waals surface area contributed by atoms with Crippen molar-refractivity contribution in [1.29, 1.82) is 0 Å². The Bertz CT molecular complexity index is 950. The van der Waals surface area contributed by atoms with Crippen molar-refractivity contribution in [3.05, 3.63) is 64.4 Å². The molecule has 116 valence electrons. The Morgan fingerprint density at radius 1 is 1.13 bits per heavy atom. The van der Waals surface area contributed by atoms with Crippen molar-refractivity contribution < 1.29 is 9.53 Å². The standard InChI is InChI=1S/C17H14N2O3S/c1-22-16(21)12-8-4-6-10-14(12)19-15(20)11-7-3-5-9-13(11)18-17(19)23-2/h3-10H,1-2H3. The molecule has 0 aliphatic carbocycles. The summed E-state index contributed by atoms with van der Waals surface area (Å²) in [4.78, 5) is 29.5. The molecular weight excluding hydrogens is 312 g/mol. The van der Waals surface area contributed by atoms with Crippen molar-refractivity contribution in [3.8, 4) is 5.69 Å². The summed E-state index contributed by atoms with van der Waals surface area (Å²) in [5.41, 5.74) is 1.21. The molecule has 1 aromatic heterocycles. The van der Waals surface area contributed by atoms with Crippen molar-refractivity contribution in [2.45, 2.75) is 5.16 Å². The van der Waals surface area contributed by atoms with Crippen LogP contribution in [-0.2, 0) is 4.74 Å². The molecule has 5 nitrogen and oxygen atoms in total. The Morgan fingerprint density at radius 2 is 1.83 bits per heavy atom. The molecule has 0 amide bonds. The summed E-state index contributed by atoms with van der Waals surface area (Å²) in [5.74, 6) is -0.493. The summed E-state index contributed by atoms with van der Waals surface area (Å²) in [6.45, 7) is 0. The largest absolute Gasteiger partial charge is 0.465 e. The van der Waals surface area contributed by atoms with Gasteiger partial charge in [-0.2, -0.15) is 0 Å². The van der Waals surface area contributed by atoms with Crippen LogP contribution >= 0.6 is 11.8 Å². The van der Waals surface area contributed by atoms with Crippen molar-refractivity contribution in [3.63, 3.8) is 0 Å². The van der Waals surface area contributed by atoms with Gasteiger partial charge in [0, 0.05) is 0 Å². The number of carbonyl (C=O) groups excluding carboxylic acids is 1. The van der Waals surface area contributed by atoms with Crippen LogP contribution in [0.4, 0.5) is 0 Å². The molecule has 0 spiro atoms.